The number of carbonyl (C=O) groups is 1. The minimum atomic E-state index is -3.56. The standard InChI is InChI=1S/C20H31N3O3S2/c1-22-11-13-23(14-12-22)28(25,26)19-9-5-6-17(16-19)20(24)21-10-15-27-18-7-3-2-4-8-18/h5-6,9,16,18H,2-4,7-8,10-15H2,1H3,(H,21,24). The number of rotatable bonds is 7. The lowest BCUT2D eigenvalue weighted by molar-refractivity contribution is 0.0956. The molecule has 1 saturated carbocycles. The first-order chi connectivity index (χ1) is 13.5. The van der Waals surface area contributed by atoms with Crippen molar-refractivity contribution in [3.05, 3.63) is 29.8 Å². The SMILES string of the molecule is CN1CCN(S(=O)(=O)c2cccc(C(=O)NCCSC3CCCCC3)c2)CC1. The van der Waals surface area contributed by atoms with Gasteiger partial charge in [0.2, 0.25) is 10.0 Å². The molecule has 156 valence electrons. The van der Waals surface area contributed by atoms with Crippen molar-refractivity contribution in [1.29, 1.82) is 0 Å². The molecule has 28 heavy (non-hydrogen) atoms. The van der Waals surface area contributed by atoms with Crippen molar-refractivity contribution in [2.75, 3.05) is 45.5 Å². The third-order valence-corrected chi connectivity index (χ3v) is 8.77. The average molecular weight is 426 g/mol. The van der Waals surface area contributed by atoms with Gasteiger partial charge in [-0.15, -0.1) is 0 Å². The Balaban J connectivity index is 1.53. The summed E-state index contributed by atoms with van der Waals surface area (Å²) >= 11 is 1.94. The van der Waals surface area contributed by atoms with Crippen LogP contribution < -0.4 is 5.32 Å². The molecule has 6 nitrogen and oxygen atoms in total. The predicted molar refractivity (Wildman–Crippen MR) is 114 cm³/mol. The van der Waals surface area contributed by atoms with E-state index in [0.29, 0.717) is 25.2 Å². The number of piperazine rings is 1. The molecule has 1 heterocycles. The maximum atomic E-state index is 12.9. The summed E-state index contributed by atoms with van der Waals surface area (Å²) < 4.78 is 27.3. The van der Waals surface area contributed by atoms with E-state index in [9.17, 15) is 13.2 Å². The van der Waals surface area contributed by atoms with E-state index in [1.807, 2.05) is 18.8 Å². The third kappa shape index (κ3) is 5.72. The molecular weight excluding hydrogens is 394 g/mol. The van der Waals surface area contributed by atoms with Gasteiger partial charge in [0.1, 0.15) is 0 Å². The van der Waals surface area contributed by atoms with Crippen LogP contribution in [0.4, 0.5) is 0 Å². The fourth-order valence-electron chi connectivity index (χ4n) is 3.70. The zero-order valence-electron chi connectivity index (χ0n) is 16.6. The summed E-state index contributed by atoms with van der Waals surface area (Å²) in [7, 11) is -1.57. The molecule has 2 fully saturated rings. The summed E-state index contributed by atoms with van der Waals surface area (Å²) in [5.41, 5.74) is 0.401. The van der Waals surface area contributed by atoms with Gasteiger partial charge in [0.25, 0.3) is 5.91 Å². The number of thioether (sulfide) groups is 1. The van der Waals surface area contributed by atoms with Crippen LogP contribution in [-0.4, -0.2) is 74.3 Å². The number of hydrogen-bond acceptors (Lipinski definition) is 5. The van der Waals surface area contributed by atoms with Crippen LogP contribution in [0, 0.1) is 0 Å². The molecule has 0 aromatic heterocycles. The molecule has 1 aliphatic heterocycles. The van der Waals surface area contributed by atoms with Gasteiger partial charge in [0.15, 0.2) is 0 Å². The van der Waals surface area contributed by atoms with E-state index >= 15 is 0 Å². The Morgan fingerprint density at radius 2 is 1.86 bits per heavy atom. The second kappa shape index (κ2) is 10.1. The molecule has 0 bridgehead atoms. The number of benzene rings is 1. The maximum absolute atomic E-state index is 12.9. The van der Waals surface area contributed by atoms with Crippen molar-refractivity contribution in [3.8, 4) is 0 Å². The number of amides is 1. The fraction of sp³-hybridized carbons (Fsp3) is 0.650. The van der Waals surface area contributed by atoms with Gasteiger partial charge < -0.3 is 10.2 Å². The Morgan fingerprint density at radius 3 is 2.57 bits per heavy atom. The zero-order valence-corrected chi connectivity index (χ0v) is 18.2. The molecule has 3 rings (SSSR count). The van der Waals surface area contributed by atoms with E-state index in [0.717, 1.165) is 24.1 Å². The first-order valence-corrected chi connectivity index (χ1v) is 12.6. The van der Waals surface area contributed by atoms with Gasteiger partial charge in [-0.2, -0.15) is 16.1 Å². The van der Waals surface area contributed by atoms with E-state index in [1.54, 1.807) is 18.2 Å². The van der Waals surface area contributed by atoms with Crippen LogP contribution in [0.25, 0.3) is 0 Å². The number of sulfonamides is 1. The quantitative estimate of drug-likeness (QED) is 0.680. The Labute approximate surface area is 173 Å². The first-order valence-electron chi connectivity index (χ1n) is 10.2. The van der Waals surface area contributed by atoms with Crippen molar-refractivity contribution >= 4 is 27.7 Å². The van der Waals surface area contributed by atoms with Gasteiger partial charge in [0, 0.05) is 49.3 Å². The highest BCUT2D eigenvalue weighted by atomic mass is 32.2. The van der Waals surface area contributed by atoms with Gasteiger partial charge in [-0.1, -0.05) is 25.3 Å². The van der Waals surface area contributed by atoms with Gasteiger partial charge in [-0.25, -0.2) is 8.42 Å². The Kier molecular flexibility index (Phi) is 7.79. The molecule has 8 heteroatoms. The summed E-state index contributed by atoms with van der Waals surface area (Å²) in [5.74, 6) is 0.690. The largest absolute Gasteiger partial charge is 0.351 e. The Morgan fingerprint density at radius 1 is 1.14 bits per heavy atom. The maximum Gasteiger partial charge on any atom is 0.251 e. The van der Waals surface area contributed by atoms with Crippen LogP contribution >= 0.6 is 11.8 Å². The third-order valence-electron chi connectivity index (χ3n) is 5.49. The monoisotopic (exact) mass is 425 g/mol. The highest BCUT2D eigenvalue weighted by Crippen LogP contribution is 2.27. The molecule has 1 amide bonds. The fourth-order valence-corrected chi connectivity index (χ4v) is 6.39. The molecular formula is C20H31N3O3S2. The summed E-state index contributed by atoms with van der Waals surface area (Å²) in [5, 5.41) is 3.65. The summed E-state index contributed by atoms with van der Waals surface area (Å²) in [6, 6.07) is 6.39. The second-order valence-corrected chi connectivity index (χ2v) is 11.0. The number of carbonyl (C=O) groups excluding carboxylic acids is 1. The lowest BCUT2D eigenvalue weighted by Crippen LogP contribution is -2.47. The van der Waals surface area contributed by atoms with Crippen LogP contribution in [0.3, 0.4) is 0 Å². The highest BCUT2D eigenvalue weighted by Gasteiger charge is 2.27. The molecule has 1 N–H and O–H groups in total. The van der Waals surface area contributed by atoms with Crippen LogP contribution in [0.15, 0.2) is 29.2 Å². The molecule has 0 atom stereocenters. The van der Waals surface area contributed by atoms with Crippen LogP contribution in [0.1, 0.15) is 42.5 Å². The highest BCUT2D eigenvalue weighted by molar-refractivity contribution is 7.99. The minimum absolute atomic E-state index is 0.196. The van der Waals surface area contributed by atoms with Gasteiger partial charge in [0.05, 0.1) is 4.90 Å². The zero-order chi connectivity index (χ0) is 20.0. The van der Waals surface area contributed by atoms with Crippen LogP contribution in [0.5, 0.6) is 0 Å². The van der Waals surface area contributed by atoms with Crippen molar-refractivity contribution in [2.45, 2.75) is 42.2 Å². The van der Waals surface area contributed by atoms with Crippen molar-refractivity contribution in [3.63, 3.8) is 0 Å². The Bertz CT molecular complexity index is 756. The van der Waals surface area contributed by atoms with Gasteiger partial charge in [-0.3, -0.25) is 4.79 Å². The molecule has 0 unspecified atom stereocenters. The van der Waals surface area contributed by atoms with E-state index < -0.39 is 10.0 Å². The number of likely N-dealkylation sites (N-methyl/N-ethyl adjacent to an activating group) is 1. The predicted octanol–water partition coefficient (Wildman–Crippen LogP) is 2.42. The summed E-state index contributed by atoms with van der Waals surface area (Å²) in [6.45, 7) is 3.01. The number of hydrogen-bond donors (Lipinski definition) is 1. The second-order valence-electron chi connectivity index (χ2n) is 7.62. The van der Waals surface area contributed by atoms with Gasteiger partial charge >= 0.3 is 0 Å². The van der Waals surface area contributed by atoms with Gasteiger partial charge in [-0.05, 0) is 38.1 Å². The topological polar surface area (TPSA) is 69.7 Å². The molecule has 1 saturated heterocycles. The van der Waals surface area contributed by atoms with E-state index in [1.165, 1.54) is 42.5 Å². The summed E-state index contributed by atoms with van der Waals surface area (Å²) in [6.07, 6.45) is 6.55. The lowest BCUT2D eigenvalue weighted by Gasteiger charge is -2.31. The molecule has 1 aromatic rings. The molecule has 1 aromatic carbocycles. The Hall–Kier alpha value is -1.09. The summed E-state index contributed by atoms with van der Waals surface area (Å²) in [4.78, 5) is 14.8. The molecule has 0 radical (unpaired) electrons. The normalized spacial score (nSPS) is 20.2. The average Bonchev–Trinajstić information content (AvgIpc) is 2.72. The van der Waals surface area contributed by atoms with Crippen molar-refractivity contribution < 1.29 is 13.2 Å². The minimum Gasteiger partial charge on any atom is -0.351 e. The van der Waals surface area contributed by atoms with E-state index in [2.05, 4.69) is 10.2 Å². The van der Waals surface area contributed by atoms with Crippen LogP contribution in [0.2, 0.25) is 0 Å². The van der Waals surface area contributed by atoms with Crippen molar-refractivity contribution in [2.24, 2.45) is 0 Å². The first kappa shape index (κ1) is 21.6. The lowest BCUT2D eigenvalue weighted by atomic mass is 10.0. The number of nitrogens with one attached hydrogen (secondary N) is 1. The molecule has 0 spiro atoms. The molecule has 1 aliphatic carbocycles. The molecule has 2 aliphatic rings. The number of nitrogens with zero attached hydrogens (tertiary/aromatic N) is 2. The smallest absolute Gasteiger partial charge is 0.251 e. The van der Waals surface area contributed by atoms with Crippen molar-refractivity contribution in [1.82, 2.24) is 14.5 Å². The van der Waals surface area contributed by atoms with E-state index in [-0.39, 0.29) is 10.8 Å². The van der Waals surface area contributed by atoms with E-state index in [4.69, 9.17) is 0 Å². The van der Waals surface area contributed by atoms with Crippen LogP contribution in [-0.2, 0) is 10.0 Å².